The highest BCUT2D eigenvalue weighted by atomic mass is 29.3. The Balaban J connectivity index is 6.01. The Morgan fingerprint density at radius 1 is 0.435 bits per heavy atom. The molecule has 0 atom stereocenters. The molecule has 7 heteroatoms. The average Bonchev–Trinajstić information content (AvgIpc) is 2.22. The molecule has 140 valence electrons. The number of hydrogen-bond acceptors (Lipinski definition) is 5. The van der Waals surface area contributed by atoms with E-state index < -0.39 is 16.4 Å². The minimum Gasteiger partial charge on any atom is -0.389 e. The fourth-order valence-electron chi connectivity index (χ4n) is 2.41. The zero-order chi connectivity index (χ0) is 18.4. The summed E-state index contributed by atoms with van der Waals surface area (Å²) in [6.45, 7) is 22.0. The van der Waals surface area contributed by atoms with Crippen LogP contribution in [0.3, 0.4) is 0 Å². The van der Waals surface area contributed by atoms with Crippen molar-refractivity contribution < 1.29 is 22.1 Å². The molecule has 0 bridgehead atoms. The molecule has 23 heavy (non-hydrogen) atoms. The highest BCUT2D eigenvalue weighted by Gasteiger charge is 2.67. The molecule has 0 radical (unpaired) electrons. The van der Waals surface area contributed by atoms with Crippen LogP contribution in [-0.4, -0.2) is 46.9 Å². The smallest absolute Gasteiger partial charge is 0.389 e. The molecule has 0 aromatic rings. The maximum atomic E-state index is 6.33. The third kappa shape index (κ3) is 7.77. The van der Waals surface area contributed by atoms with E-state index in [4.69, 9.17) is 22.1 Å². The van der Waals surface area contributed by atoms with Crippen LogP contribution in [0, 0.1) is 0 Å². The van der Waals surface area contributed by atoms with Crippen molar-refractivity contribution in [2.24, 2.45) is 0 Å². The molecule has 5 nitrogen and oxygen atoms in total. The molecular formula is C16H38O5Si2. The summed E-state index contributed by atoms with van der Waals surface area (Å²) in [5, 5.41) is 0. The lowest BCUT2D eigenvalue weighted by Gasteiger charge is -2.44. The topological polar surface area (TPSA) is 46.2 Å². The van der Waals surface area contributed by atoms with Gasteiger partial charge < -0.3 is 22.1 Å². The molecule has 0 rings (SSSR count). The Bertz CT molecular complexity index is 296. The summed E-state index contributed by atoms with van der Waals surface area (Å²) in [7, 11) is -6.04. The van der Waals surface area contributed by atoms with Crippen molar-refractivity contribution in [2.45, 2.75) is 106 Å². The molecule has 0 fully saturated rings. The van der Waals surface area contributed by atoms with Gasteiger partial charge in [-0.2, -0.15) is 0 Å². The fraction of sp³-hybridized carbons (Fsp3) is 1.00. The second-order valence-electron chi connectivity index (χ2n) is 7.33. The van der Waals surface area contributed by atoms with Crippen LogP contribution < -0.4 is 0 Å². The highest BCUT2D eigenvalue weighted by molar-refractivity contribution is 7.29. The second kappa shape index (κ2) is 9.65. The standard InChI is InChI=1S/C16H38O5Si2/c1-12(2)17-22(11,18-13(3)4)23(19-14(5)6,20-15(7)8)21-16(9)10/h12-16H,1-11H3. The SMILES string of the molecule is CC(C)O[Si](C)(OC(C)C)[Si](OC(C)C)(OC(C)C)OC(C)C. The Kier molecular flexibility index (Phi) is 9.75. The van der Waals surface area contributed by atoms with Crippen LogP contribution in [0.5, 0.6) is 0 Å². The third-order valence-corrected chi connectivity index (χ3v) is 13.1. The fourth-order valence-corrected chi connectivity index (χ4v) is 13.5. The summed E-state index contributed by atoms with van der Waals surface area (Å²) in [6.07, 6.45) is -0.0632. The van der Waals surface area contributed by atoms with Crippen LogP contribution in [-0.2, 0) is 22.1 Å². The molecule has 0 unspecified atom stereocenters. The summed E-state index contributed by atoms with van der Waals surface area (Å²) in [5.41, 5.74) is 0. The Morgan fingerprint density at radius 2 is 0.652 bits per heavy atom. The normalized spacial score (nSPS) is 14.1. The predicted molar refractivity (Wildman–Crippen MR) is 98.5 cm³/mol. The van der Waals surface area contributed by atoms with E-state index in [2.05, 4.69) is 0 Å². The monoisotopic (exact) mass is 366 g/mol. The van der Waals surface area contributed by atoms with E-state index in [1.54, 1.807) is 0 Å². The summed E-state index contributed by atoms with van der Waals surface area (Å²) in [6, 6.07) is 0. The van der Waals surface area contributed by atoms with Gasteiger partial charge in [-0.25, -0.2) is 0 Å². The molecule has 0 saturated heterocycles. The van der Waals surface area contributed by atoms with Gasteiger partial charge in [0.15, 0.2) is 0 Å². The quantitative estimate of drug-likeness (QED) is 0.513. The molecular weight excluding hydrogens is 328 g/mol. The third-order valence-electron chi connectivity index (χ3n) is 2.65. The zero-order valence-electron chi connectivity index (χ0n) is 16.9. The molecule has 0 N–H and O–H groups in total. The van der Waals surface area contributed by atoms with E-state index in [0.717, 1.165) is 0 Å². The molecule has 0 aromatic carbocycles. The van der Waals surface area contributed by atoms with Gasteiger partial charge in [0.1, 0.15) is 0 Å². The van der Waals surface area contributed by atoms with Crippen LogP contribution in [0.25, 0.3) is 0 Å². The molecule has 0 spiro atoms. The van der Waals surface area contributed by atoms with Gasteiger partial charge in [-0.1, -0.05) is 0 Å². The van der Waals surface area contributed by atoms with Gasteiger partial charge in [0.05, 0.1) is 0 Å². The summed E-state index contributed by atoms with van der Waals surface area (Å²) in [4.78, 5) is 0. The molecule has 0 aliphatic carbocycles. The van der Waals surface area contributed by atoms with Gasteiger partial charge in [-0.15, -0.1) is 0 Å². The molecule has 0 saturated carbocycles. The van der Waals surface area contributed by atoms with Gasteiger partial charge in [0, 0.05) is 30.5 Å². The molecule has 0 amide bonds. The zero-order valence-corrected chi connectivity index (χ0v) is 18.9. The van der Waals surface area contributed by atoms with Gasteiger partial charge in [-0.05, 0) is 75.8 Å². The van der Waals surface area contributed by atoms with E-state index in [1.807, 2.05) is 75.8 Å². The average molecular weight is 367 g/mol. The van der Waals surface area contributed by atoms with Crippen molar-refractivity contribution in [1.29, 1.82) is 0 Å². The van der Waals surface area contributed by atoms with Gasteiger partial charge in [0.2, 0.25) is 0 Å². The van der Waals surface area contributed by atoms with Crippen molar-refractivity contribution in [2.75, 3.05) is 0 Å². The highest BCUT2D eigenvalue weighted by Crippen LogP contribution is 2.31. The Labute approximate surface area is 145 Å². The van der Waals surface area contributed by atoms with Crippen molar-refractivity contribution >= 4 is 16.4 Å². The van der Waals surface area contributed by atoms with Crippen molar-refractivity contribution in [3.05, 3.63) is 0 Å². The lowest BCUT2D eigenvalue weighted by molar-refractivity contribution is -0.00324. The minimum absolute atomic E-state index is 0.0135. The van der Waals surface area contributed by atoms with E-state index in [-0.39, 0.29) is 30.5 Å². The lowest BCUT2D eigenvalue weighted by atomic mass is 10.5. The summed E-state index contributed by atoms with van der Waals surface area (Å²) < 4.78 is 31.6. The predicted octanol–water partition coefficient (Wildman–Crippen LogP) is 4.20. The van der Waals surface area contributed by atoms with E-state index in [9.17, 15) is 0 Å². The van der Waals surface area contributed by atoms with Crippen LogP contribution in [0.4, 0.5) is 0 Å². The maximum absolute atomic E-state index is 6.33. The van der Waals surface area contributed by atoms with E-state index in [1.165, 1.54) is 0 Å². The first kappa shape index (κ1) is 23.2. The van der Waals surface area contributed by atoms with Crippen LogP contribution >= 0.6 is 0 Å². The maximum Gasteiger partial charge on any atom is 0.539 e. The van der Waals surface area contributed by atoms with Crippen molar-refractivity contribution in [1.82, 2.24) is 0 Å². The van der Waals surface area contributed by atoms with Gasteiger partial charge in [0.25, 0.3) is 0 Å². The van der Waals surface area contributed by atoms with Crippen LogP contribution in [0.1, 0.15) is 69.2 Å². The second-order valence-corrected chi connectivity index (χ2v) is 16.1. The molecule has 0 heterocycles. The Hall–Kier alpha value is 0.234. The number of hydrogen-bond donors (Lipinski definition) is 0. The first-order valence-electron chi connectivity index (χ1n) is 8.72. The lowest BCUT2D eigenvalue weighted by Crippen LogP contribution is -2.73. The van der Waals surface area contributed by atoms with Gasteiger partial charge in [-0.3, -0.25) is 0 Å². The number of rotatable bonds is 11. The Morgan fingerprint density at radius 3 is 0.826 bits per heavy atom. The van der Waals surface area contributed by atoms with E-state index in [0.29, 0.717) is 0 Å². The largest absolute Gasteiger partial charge is 0.539 e. The van der Waals surface area contributed by atoms with Gasteiger partial charge >= 0.3 is 16.4 Å². The van der Waals surface area contributed by atoms with E-state index >= 15 is 0 Å². The summed E-state index contributed by atoms with van der Waals surface area (Å²) >= 11 is 0. The first-order chi connectivity index (χ1) is 10.3. The van der Waals surface area contributed by atoms with Crippen LogP contribution in [0.15, 0.2) is 0 Å². The van der Waals surface area contributed by atoms with Crippen LogP contribution in [0.2, 0.25) is 6.55 Å². The molecule has 0 aliphatic heterocycles. The summed E-state index contributed by atoms with van der Waals surface area (Å²) in [5.74, 6) is 0. The minimum atomic E-state index is -3.17. The first-order valence-corrected chi connectivity index (χ1v) is 13.8. The molecule has 0 aliphatic rings. The molecule has 0 aromatic heterocycles. The van der Waals surface area contributed by atoms with Crippen molar-refractivity contribution in [3.63, 3.8) is 0 Å². The van der Waals surface area contributed by atoms with Crippen molar-refractivity contribution in [3.8, 4) is 0 Å².